The summed E-state index contributed by atoms with van der Waals surface area (Å²) < 4.78 is 49.3. The Labute approximate surface area is 245 Å². The van der Waals surface area contributed by atoms with E-state index < -0.39 is 122 Å². The van der Waals surface area contributed by atoms with Crippen LogP contribution < -0.4 is 45.9 Å². The third-order valence-electron chi connectivity index (χ3n) is 4.35. The van der Waals surface area contributed by atoms with Gasteiger partial charge in [-0.3, -0.25) is 38.4 Å². The fourth-order valence-electron chi connectivity index (χ4n) is 1.76. The Morgan fingerprint density at radius 2 is 0.500 bits per heavy atom. The molecule has 0 fully saturated rings. The average Bonchev–Trinajstić information content (AvgIpc) is 2.88. The van der Waals surface area contributed by atoms with Crippen molar-refractivity contribution in [3.8, 4) is 0 Å². The van der Waals surface area contributed by atoms with Gasteiger partial charge in [-0.15, -0.1) is 0 Å². The van der Waals surface area contributed by atoms with E-state index in [0.29, 0.717) is 0 Å². The van der Waals surface area contributed by atoms with E-state index in [0.717, 1.165) is 0 Å². The lowest BCUT2D eigenvalue weighted by atomic mass is 10.1. The summed E-state index contributed by atoms with van der Waals surface area (Å²) >= 11 is 0. The maximum absolute atomic E-state index is 12.3. The average molecular weight is 653 g/mol. The second kappa shape index (κ2) is 23.8. The maximum Gasteiger partial charge on any atom is 0.320 e. The summed E-state index contributed by atoms with van der Waals surface area (Å²) in [6.07, 6.45) is -10.3. The molecule has 0 heterocycles. The van der Waals surface area contributed by atoms with Crippen molar-refractivity contribution in [1.29, 1.82) is 0 Å². The fraction of sp³-hybridized carbons (Fsp3) is 0.600. The predicted molar refractivity (Wildman–Crippen MR) is 137 cm³/mol. The number of hydrogen-bond acceptors (Lipinski definition) is 12. The number of carboxylic acid groups (broad SMARTS) is 4. The summed E-state index contributed by atoms with van der Waals surface area (Å²) in [6, 6.07) is -5.51. The van der Waals surface area contributed by atoms with Crippen LogP contribution in [0, 0.1) is 0 Å². The Kier molecular flexibility index (Phi) is 25.1. The standard InChI is InChI=1S/4C5H9FN2O3/c4*6-2(4(8)9)1-3(7)5(10)11/h4*2-3H,1,7H2,(H2,8,9)(H,10,11)/t2*2-,3+;2*2-,3-/m1010/s1/i4*6-1. The highest BCUT2D eigenvalue weighted by Crippen LogP contribution is 2.02. The van der Waals surface area contributed by atoms with Gasteiger partial charge in [-0.05, 0) is 0 Å². The highest BCUT2D eigenvalue weighted by Gasteiger charge is 2.24. The third kappa shape index (κ3) is 26.2. The Bertz CT molecular complexity index is 772. The largest absolute Gasteiger partial charge is 0.480 e. The zero-order valence-electron chi connectivity index (χ0n) is 22.6. The fourth-order valence-corrected chi connectivity index (χ4v) is 1.76. The topological polar surface area (TPSA) is 426 Å². The van der Waals surface area contributed by atoms with Crippen LogP contribution in [0.3, 0.4) is 0 Å². The lowest BCUT2D eigenvalue weighted by Gasteiger charge is -2.06. The molecule has 0 spiro atoms. The van der Waals surface area contributed by atoms with Crippen molar-refractivity contribution >= 4 is 47.5 Å². The van der Waals surface area contributed by atoms with E-state index in [9.17, 15) is 55.9 Å². The third-order valence-corrected chi connectivity index (χ3v) is 4.35. The van der Waals surface area contributed by atoms with Crippen molar-refractivity contribution in [2.24, 2.45) is 45.9 Å². The van der Waals surface area contributed by atoms with Gasteiger partial charge in [0.15, 0.2) is 24.7 Å². The lowest BCUT2D eigenvalue weighted by molar-refractivity contribution is -0.140. The highest BCUT2D eigenvalue weighted by atomic mass is 18.2. The van der Waals surface area contributed by atoms with E-state index in [2.05, 4.69) is 22.9 Å². The Balaban J connectivity index is -0.000000242. The summed E-state index contributed by atoms with van der Waals surface area (Å²) in [5.41, 5.74) is 37.7. The normalized spacial score (nSPS) is 15.5. The number of rotatable bonds is 16. The molecule has 0 aliphatic carbocycles. The SMILES string of the molecule is NC(=O)[C@@H]([18F])C[C@@H](N)C(=O)O.NC(=O)[C@@H]([18F])C[C@H](N)C(=O)O.NC(=O)[C@H]([18F])C[C@@H](N)C(=O)O.NC(=O)[C@H]([18F])C[C@H](N)C(=O)O. The summed E-state index contributed by atoms with van der Waals surface area (Å²) in [6.45, 7) is 0. The van der Waals surface area contributed by atoms with E-state index in [1.807, 2.05) is 0 Å². The van der Waals surface area contributed by atoms with Crippen LogP contribution in [-0.2, 0) is 38.4 Å². The summed E-state index contributed by atoms with van der Waals surface area (Å²) in [5.74, 6) is -10.2. The highest BCUT2D eigenvalue weighted by molar-refractivity contribution is 5.82. The number of aliphatic carboxylic acids is 4. The maximum atomic E-state index is 12.3. The summed E-state index contributed by atoms with van der Waals surface area (Å²) in [7, 11) is 0. The molecule has 0 unspecified atom stereocenters. The number of nitrogens with two attached hydrogens (primary N) is 8. The summed E-state index contributed by atoms with van der Waals surface area (Å²) in [5, 5.41) is 32.7. The minimum atomic E-state index is -1.99. The molecule has 44 heavy (non-hydrogen) atoms. The van der Waals surface area contributed by atoms with Gasteiger partial charge in [-0.1, -0.05) is 0 Å². The Morgan fingerprint density at radius 3 is 0.568 bits per heavy atom. The Morgan fingerprint density at radius 1 is 0.386 bits per heavy atom. The quantitative estimate of drug-likeness (QED) is 0.0691. The molecular formula is C20H36F4N8O12. The molecule has 0 rings (SSSR count). The second-order valence-corrected chi connectivity index (χ2v) is 8.20. The molecular weight excluding hydrogens is 616 g/mol. The number of carbonyl (C=O) groups excluding carboxylic acids is 4. The molecule has 256 valence electrons. The van der Waals surface area contributed by atoms with E-state index in [1.165, 1.54) is 0 Å². The lowest BCUT2D eigenvalue weighted by Crippen LogP contribution is -2.37. The van der Waals surface area contributed by atoms with E-state index in [1.54, 1.807) is 0 Å². The van der Waals surface area contributed by atoms with Gasteiger partial charge in [0.1, 0.15) is 24.2 Å². The number of alkyl halides is 4. The summed E-state index contributed by atoms with van der Waals surface area (Å²) in [4.78, 5) is 80.3. The van der Waals surface area contributed by atoms with Crippen LogP contribution in [0.1, 0.15) is 25.7 Å². The number of carboxylic acids is 4. The van der Waals surface area contributed by atoms with Gasteiger partial charge in [0.2, 0.25) is 0 Å². The van der Waals surface area contributed by atoms with Crippen LogP contribution in [0.15, 0.2) is 0 Å². The van der Waals surface area contributed by atoms with Crippen LogP contribution in [-0.4, -0.2) is 117 Å². The number of amides is 4. The Hall–Kier alpha value is -4.68. The molecule has 0 saturated carbocycles. The van der Waals surface area contributed by atoms with Gasteiger partial charge in [-0.2, -0.15) is 0 Å². The van der Waals surface area contributed by atoms with Gasteiger partial charge >= 0.3 is 23.9 Å². The molecule has 0 aliphatic rings. The minimum Gasteiger partial charge on any atom is -0.480 e. The molecule has 0 bridgehead atoms. The molecule has 24 heteroatoms. The first kappa shape index (κ1) is 46.3. The van der Waals surface area contributed by atoms with Crippen molar-refractivity contribution in [1.82, 2.24) is 0 Å². The zero-order valence-corrected chi connectivity index (χ0v) is 22.6. The van der Waals surface area contributed by atoms with E-state index in [4.69, 9.17) is 43.4 Å². The first-order chi connectivity index (χ1) is 19.8. The van der Waals surface area contributed by atoms with E-state index >= 15 is 0 Å². The number of carbonyl (C=O) groups is 8. The van der Waals surface area contributed by atoms with Crippen LogP contribution in [0.5, 0.6) is 0 Å². The molecule has 0 radical (unpaired) electrons. The van der Waals surface area contributed by atoms with Gasteiger partial charge in [0, 0.05) is 25.7 Å². The molecule has 0 aromatic heterocycles. The van der Waals surface area contributed by atoms with Crippen LogP contribution in [0.2, 0.25) is 0 Å². The predicted octanol–water partition coefficient (Wildman–Crippen LogP) is -5.55. The monoisotopic (exact) mass is 652 g/mol. The van der Waals surface area contributed by atoms with Crippen molar-refractivity contribution in [3.05, 3.63) is 0 Å². The van der Waals surface area contributed by atoms with Gasteiger partial charge in [-0.25, -0.2) is 17.6 Å². The van der Waals surface area contributed by atoms with Gasteiger partial charge in [0.05, 0.1) is 0 Å². The first-order valence-corrected chi connectivity index (χ1v) is 11.5. The van der Waals surface area contributed by atoms with Crippen molar-refractivity contribution in [3.63, 3.8) is 0 Å². The molecule has 8 atom stereocenters. The number of primary amides is 4. The first-order valence-electron chi connectivity index (χ1n) is 11.5. The molecule has 0 aromatic rings. The molecule has 0 aliphatic heterocycles. The van der Waals surface area contributed by atoms with Gasteiger partial charge < -0.3 is 66.3 Å². The zero-order chi connectivity index (χ0) is 36.1. The second-order valence-electron chi connectivity index (χ2n) is 8.20. The van der Waals surface area contributed by atoms with Crippen molar-refractivity contribution < 1.29 is 76.3 Å². The van der Waals surface area contributed by atoms with Crippen LogP contribution in [0.4, 0.5) is 17.6 Å². The van der Waals surface area contributed by atoms with Crippen molar-refractivity contribution in [2.45, 2.75) is 74.5 Å². The van der Waals surface area contributed by atoms with Crippen LogP contribution in [0.25, 0.3) is 0 Å². The molecule has 0 aromatic carbocycles. The molecule has 0 saturated heterocycles. The van der Waals surface area contributed by atoms with Crippen LogP contribution >= 0.6 is 0 Å². The molecule has 20 nitrogen and oxygen atoms in total. The van der Waals surface area contributed by atoms with E-state index in [-0.39, 0.29) is 0 Å². The van der Waals surface area contributed by atoms with Crippen molar-refractivity contribution in [2.75, 3.05) is 0 Å². The minimum absolute atomic E-state index is 0.579. The van der Waals surface area contributed by atoms with Gasteiger partial charge in [0.25, 0.3) is 23.6 Å². The smallest absolute Gasteiger partial charge is 0.320 e. The molecule has 4 amide bonds. The number of halogens is 4. The number of hydrogen-bond donors (Lipinski definition) is 12. The molecule has 20 N–H and O–H groups in total.